The molecule has 3 rings (SSSR count). The monoisotopic (exact) mass is 328 g/mol. The van der Waals surface area contributed by atoms with E-state index in [1.54, 1.807) is 6.92 Å². The lowest BCUT2D eigenvalue weighted by Gasteiger charge is -2.36. The Balaban J connectivity index is 1.89. The lowest BCUT2D eigenvalue weighted by molar-refractivity contribution is -0.137. The van der Waals surface area contributed by atoms with E-state index in [9.17, 15) is 22.8 Å². The summed E-state index contributed by atoms with van der Waals surface area (Å²) in [6.07, 6.45) is -3.23. The first kappa shape index (κ1) is 15.6. The van der Waals surface area contributed by atoms with Crippen LogP contribution in [0.1, 0.15) is 12.5 Å². The van der Waals surface area contributed by atoms with E-state index in [4.69, 9.17) is 0 Å². The average molecular weight is 328 g/mol. The Bertz CT molecular complexity index is 649. The number of aromatic nitrogens is 1. The Kier molecular flexibility index (Phi) is 3.65. The van der Waals surface area contributed by atoms with Gasteiger partial charge >= 0.3 is 12.2 Å². The topological polar surface area (TPSA) is 56.8 Å². The molecule has 0 N–H and O–H groups in total. The molecular formula is C14H15F3N4O2. The van der Waals surface area contributed by atoms with Crippen LogP contribution in [0.25, 0.3) is 0 Å². The number of carbonyl (C=O) groups is 2. The van der Waals surface area contributed by atoms with E-state index in [0.717, 1.165) is 11.0 Å². The Labute approximate surface area is 130 Å². The number of fused-ring (bicyclic) bond motifs is 1. The summed E-state index contributed by atoms with van der Waals surface area (Å²) in [4.78, 5) is 32.1. The number of amides is 3. The largest absolute Gasteiger partial charge is 0.419 e. The van der Waals surface area contributed by atoms with Gasteiger partial charge in [0.25, 0.3) is 5.91 Å². The van der Waals surface area contributed by atoms with Crippen LogP contribution in [-0.2, 0) is 11.0 Å². The number of pyridine rings is 1. The maximum Gasteiger partial charge on any atom is 0.419 e. The minimum atomic E-state index is -4.52. The molecule has 124 valence electrons. The van der Waals surface area contributed by atoms with Crippen LogP contribution in [0.2, 0.25) is 0 Å². The van der Waals surface area contributed by atoms with Crippen LogP contribution in [0.15, 0.2) is 18.3 Å². The fourth-order valence-corrected chi connectivity index (χ4v) is 3.01. The third-order valence-electron chi connectivity index (χ3n) is 4.12. The molecule has 2 fully saturated rings. The van der Waals surface area contributed by atoms with Crippen LogP contribution in [0.5, 0.6) is 0 Å². The number of piperazine rings is 1. The van der Waals surface area contributed by atoms with Crippen molar-refractivity contribution in [3.8, 4) is 0 Å². The van der Waals surface area contributed by atoms with Gasteiger partial charge in [0, 0.05) is 32.4 Å². The molecule has 1 unspecified atom stereocenters. The van der Waals surface area contributed by atoms with Crippen LogP contribution in [-0.4, -0.2) is 58.9 Å². The van der Waals surface area contributed by atoms with Crippen molar-refractivity contribution in [3.05, 3.63) is 23.9 Å². The Morgan fingerprint density at radius 3 is 2.70 bits per heavy atom. The van der Waals surface area contributed by atoms with Crippen molar-refractivity contribution < 1.29 is 22.8 Å². The third-order valence-corrected chi connectivity index (χ3v) is 4.12. The second kappa shape index (κ2) is 5.39. The number of hydrogen-bond donors (Lipinski definition) is 0. The molecule has 3 heterocycles. The summed E-state index contributed by atoms with van der Waals surface area (Å²) in [6, 6.07) is 1.07. The first-order chi connectivity index (χ1) is 10.8. The van der Waals surface area contributed by atoms with E-state index in [0.29, 0.717) is 0 Å². The molecule has 2 aliphatic heterocycles. The minimum Gasteiger partial charge on any atom is -0.352 e. The molecule has 1 aromatic heterocycles. The molecule has 2 saturated heterocycles. The Morgan fingerprint density at radius 2 is 2.04 bits per heavy atom. The normalized spacial score (nSPS) is 21.9. The van der Waals surface area contributed by atoms with Crippen LogP contribution in [0, 0.1) is 0 Å². The van der Waals surface area contributed by atoms with Crippen molar-refractivity contribution in [2.45, 2.75) is 19.1 Å². The smallest absolute Gasteiger partial charge is 0.352 e. The van der Waals surface area contributed by atoms with Gasteiger partial charge in [-0.25, -0.2) is 9.78 Å². The average Bonchev–Trinajstić information content (AvgIpc) is 2.77. The van der Waals surface area contributed by atoms with Crippen molar-refractivity contribution >= 4 is 17.8 Å². The van der Waals surface area contributed by atoms with Gasteiger partial charge < -0.3 is 9.80 Å². The summed E-state index contributed by atoms with van der Waals surface area (Å²) in [6.45, 7) is 2.35. The van der Waals surface area contributed by atoms with Crippen molar-refractivity contribution in [1.82, 2.24) is 14.8 Å². The molecule has 0 spiro atoms. The maximum atomic E-state index is 13.1. The van der Waals surface area contributed by atoms with E-state index >= 15 is 0 Å². The maximum absolute atomic E-state index is 13.1. The number of nitrogens with zero attached hydrogens (tertiary/aromatic N) is 4. The number of likely N-dealkylation sites (N-methyl/N-ethyl adjacent to an activating group) is 1. The number of halogens is 3. The standard InChI is InChI=1S/C14H15F3N4O2/c1-2-20-12(22)10-8-19(6-7-21(10)13(20)23)11-9(14(15,16)17)4-3-5-18-11/h3-5,10H,2,6-8H2,1H3. The molecule has 9 heteroatoms. The van der Waals surface area contributed by atoms with Crippen LogP contribution < -0.4 is 4.90 Å². The molecule has 1 aromatic rings. The summed E-state index contributed by atoms with van der Waals surface area (Å²) in [5, 5.41) is 0. The molecule has 0 aliphatic carbocycles. The second-order valence-electron chi connectivity index (χ2n) is 5.39. The van der Waals surface area contributed by atoms with Gasteiger partial charge in [0.15, 0.2) is 0 Å². The van der Waals surface area contributed by atoms with Gasteiger partial charge in [-0.15, -0.1) is 0 Å². The van der Waals surface area contributed by atoms with Crippen LogP contribution >= 0.6 is 0 Å². The predicted octanol–water partition coefficient (Wildman–Crippen LogP) is 1.57. The summed E-state index contributed by atoms with van der Waals surface area (Å²) in [7, 11) is 0. The number of hydrogen-bond acceptors (Lipinski definition) is 4. The van der Waals surface area contributed by atoms with Gasteiger partial charge in [0.05, 0.1) is 5.56 Å². The van der Waals surface area contributed by atoms with Gasteiger partial charge in [-0.05, 0) is 19.1 Å². The zero-order chi connectivity index (χ0) is 16.8. The van der Waals surface area contributed by atoms with Crippen LogP contribution in [0.3, 0.4) is 0 Å². The molecule has 0 bridgehead atoms. The van der Waals surface area contributed by atoms with Gasteiger partial charge in [-0.2, -0.15) is 13.2 Å². The number of anilines is 1. The highest BCUT2D eigenvalue weighted by molar-refractivity contribution is 6.04. The SMILES string of the molecule is CCN1C(=O)C2CN(c3ncccc3C(F)(F)F)CCN2C1=O. The summed E-state index contributed by atoms with van der Waals surface area (Å²) >= 11 is 0. The molecule has 0 radical (unpaired) electrons. The molecule has 0 saturated carbocycles. The molecule has 2 aliphatic rings. The number of urea groups is 1. The first-order valence-electron chi connectivity index (χ1n) is 7.23. The van der Waals surface area contributed by atoms with Crippen molar-refractivity contribution in [2.24, 2.45) is 0 Å². The lowest BCUT2D eigenvalue weighted by atomic mass is 10.1. The van der Waals surface area contributed by atoms with E-state index in [1.807, 2.05) is 0 Å². The number of alkyl halides is 3. The van der Waals surface area contributed by atoms with Crippen molar-refractivity contribution in [3.63, 3.8) is 0 Å². The van der Waals surface area contributed by atoms with Gasteiger partial charge in [-0.3, -0.25) is 9.69 Å². The third kappa shape index (κ3) is 2.49. The van der Waals surface area contributed by atoms with Gasteiger partial charge in [-0.1, -0.05) is 0 Å². The molecular weight excluding hydrogens is 313 g/mol. The molecule has 3 amide bonds. The zero-order valence-electron chi connectivity index (χ0n) is 12.4. The number of carbonyl (C=O) groups excluding carboxylic acids is 2. The lowest BCUT2D eigenvalue weighted by Crippen LogP contribution is -2.53. The molecule has 0 aromatic carbocycles. The molecule has 1 atom stereocenters. The number of rotatable bonds is 2. The second-order valence-corrected chi connectivity index (χ2v) is 5.39. The predicted molar refractivity (Wildman–Crippen MR) is 74.7 cm³/mol. The summed E-state index contributed by atoms with van der Waals surface area (Å²) in [5.74, 6) is -0.568. The Morgan fingerprint density at radius 1 is 1.30 bits per heavy atom. The Hall–Kier alpha value is -2.32. The van der Waals surface area contributed by atoms with Crippen LogP contribution in [0.4, 0.5) is 23.8 Å². The molecule has 23 heavy (non-hydrogen) atoms. The summed E-state index contributed by atoms with van der Waals surface area (Å²) in [5.41, 5.74) is -0.836. The van der Waals surface area contributed by atoms with Crippen molar-refractivity contribution in [2.75, 3.05) is 31.1 Å². The highest BCUT2D eigenvalue weighted by atomic mass is 19.4. The van der Waals surface area contributed by atoms with E-state index in [2.05, 4.69) is 4.98 Å². The van der Waals surface area contributed by atoms with Gasteiger partial charge in [0.2, 0.25) is 0 Å². The summed E-state index contributed by atoms with van der Waals surface area (Å²) < 4.78 is 39.4. The van der Waals surface area contributed by atoms with Crippen molar-refractivity contribution in [1.29, 1.82) is 0 Å². The highest BCUT2D eigenvalue weighted by Crippen LogP contribution is 2.36. The quantitative estimate of drug-likeness (QED) is 0.774. The zero-order valence-corrected chi connectivity index (χ0v) is 12.4. The van der Waals surface area contributed by atoms with E-state index < -0.39 is 17.8 Å². The fraction of sp³-hybridized carbons (Fsp3) is 0.500. The number of imide groups is 1. The fourth-order valence-electron chi connectivity index (χ4n) is 3.01. The molecule has 6 nitrogen and oxygen atoms in total. The van der Waals surface area contributed by atoms with Gasteiger partial charge in [0.1, 0.15) is 11.9 Å². The highest BCUT2D eigenvalue weighted by Gasteiger charge is 2.48. The van der Waals surface area contributed by atoms with E-state index in [-0.39, 0.29) is 43.9 Å². The van der Waals surface area contributed by atoms with E-state index in [1.165, 1.54) is 22.1 Å². The minimum absolute atomic E-state index is 0.0150. The first-order valence-corrected chi connectivity index (χ1v) is 7.23.